The maximum Gasteiger partial charge on any atom is 0.316 e. The SMILES string of the molecule is c1ccc2nc(OCCCn3cccn3)ncc2c1. The minimum Gasteiger partial charge on any atom is -0.463 e. The van der Waals surface area contributed by atoms with E-state index in [2.05, 4.69) is 15.1 Å². The molecule has 96 valence electrons. The molecule has 19 heavy (non-hydrogen) atoms. The highest BCUT2D eigenvalue weighted by molar-refractivity contribution is 5.77. The van der Waals surface area contributed by atoms with Gasteiger partial charge in [0.1, 0.15) is 0 Å². The Labute approximate surface area is 110 Å². The summed E-state index contributed by atoms with van der Waals surface area (Å²) < 4.78 is 7.43. The normalized spacial score (nSPS) is 10.7. The Hall–Kier alpha value is -2.43. The molecule has 0 aliphatic carbocycles. The van der Waals surface area contributed by atoms with E-state index in [1.54, 1.807) is 12.4 Å². The van der Waals surface area contributed by atoms with Crippen molar-refractivity contribution in [2.24, 2.45) is 0 Å². The van der Waals surface area contributed by atoms with Gasteiger partial charge in [0.2, 0.25) is 0 Å². The molecular weight excluding hydrogens is 240 g/mol. The Morgan fingerprint density at radius 2 is 2.11 bits per heavy atom. The lowest BCUT2D eigenvalue weighted by atomic mass is 10.2. The smallest absolute Gasteiger partial charge is 0.316 e. The van der Waals surface area contributed by atoms with Crippen LogP contribution in [0, 0.1) is 0 Å². The molecule has 3 aromatic rings. The van der Waals surface area contributed by atoms with Crippen molar-refractivity contribution in [1.29, 1.82) is 0 Å². The van der Waals surface area contributed by atoms with Crippen LogP contribution in [0.1, 0.15) is 6.42 Å². The molecule has 0 saturated carbocycles. The lowest BCUT2D eigenvalue weighted by molar-refractivity contribution is 0.277. The van der Waals surface area contributed by atoms with Gasteiger partial charge in [0.05, 0.1) is 12.1 Å². The summed E-state index contributed by atoms with van der Waals surface area (Å²) in [7, 11) is 0. The third-order valence-corrected chi connectivity index (χ3v) is 2.79. The van der Waals surface area contributed by atoms with Gasteiger partial charge in [0.15, 0.2) is 0 Å². The average Bonchev–Trinajstić information content (AvgIpc) is 2.97. The molecule has 0 atom stereocenters. The molecule has 2 heterocycles. The molecule has 0 aliphatic heterocycles. The van der Waals surface area contributed by atoms with E-state index < -0.39 is 0 Å². The standard InChI is InChI=1S/C14H14N4O/c1-2-6-13-12(5-1)11-15-14(17-13)19-10-4-9-18-8-3-7-16-18/h1-3,5-8,11H,4,9-10H2. The molecule has 0 saturated heterocycles. The summed E-state index contributed by atoms with van der Waals surface area (Å²) in [6, 6.07) is 10.2. The number of ether oxygens (including phenoxy) is 1. The molecule has 3 rings (SSSR count). The zero-order valence-electron chi connectivity index (χ0n) is 10.4. The monoisotopic (exact) mass is 254 g/mol. The molecule has 5 heteroatoms. The van der Waals surface area contributed by atoms with Gasteiger partial charge in [-0.05, 0) is 12.1 Å². The van der Waals surface area contributed by atoms with Crippen LogP contribution in [-0.4, -0.2) is 26.4 Å². The van der Waals surface area contributed by atoms with E-state index in [0.717, 1.165) is 23.9 Å². The van der Waals surface area contributed by atoms with Crippen LogP contribution in [0.15, 0.2) is 48.9 Å². The highest BCUT2D eigenvalue weighted by Gasteiger charge is 2.00. The van der Waals surface area contributed by atoms with Gasteiger partial charge in [-0.15, -0.1) is 0 Å². The summed E-state index contributed by atoms with van der Waals surface area (Å²) >= 11 is 0. The van der Waals surface area contributed by atoms with Gasteiger partial charge in [-0.3, -0.25) is 4.68 Å². The van der Waals surface area contributed by atoms with Crippen LogP contribution in [-0.2, 0) is 6.54 Å². The zero-order valence-corrected chi connectivity index (χ0v) is 10.4. The fourth-order valence-electron chi connectivity index (χ4n) is 1.85. The van der Waals surface area contributed by atoms with Crippen molar-refractivity contribution in [3.8, 4) is 6.01 Å². The molecular formula is C14H14N4O. The molecule has 0 bridgehead atoms. The van der Waals surface area contributed by atoms with Crippen molar-refractivity contribution in [3.63, 3.8) is 0 Å². The van der Waals surface area contributed by atoms with E-state index in [1.165, 1.54) is 0 Å². The number of aryl methyl sites for hydroxylation is 1. The van der Waals surface area contributed by atoms with E-state index in [-0.39, 0.29) is 0 Å². The van der Waals surface area contributed by atoms with Crippen LogP contribution >= 0.6 is 0 Å². The number of benzene rings is 1. The second-order valence-corrected chi connectivity index (χ2v) is 4.18. The van der Waals surface area contributed by atoms with Crippen LogP contribution in [0.5, 0.6) is 6.01 Å². The van der Waals surface area contributed by atoms with Gasteiger partial charge in [0.25, 0.3) is 0 Å². The molecule has 0 amide bonds. The Kier molecular flexibility index (Phi) is 3.36. The van der Waals surface area contributed by atoms with Crippen molar-refractivity contribution in [3.05, 3.63) is 48.9 Å². The van der Waals surface area contributed by atoms with Crippen molar-refractivity contribution in [2.75, 3.05) is 6.61 Å². The van der Waals surface area contributed by atoms with E-state index >= 15 is 0 Å². The zero-order chi connectivity index (χ0) is 12.9. The minimum absolute atomic E-state index is 0.430. The van der Waals surface area contributed by atoms with Gasteiger partial charge >= 0.3 is 6.01 Å². The second-order valence-electron chi connectivity index (χ2n) is 4.18. The maximum atomic E-state index is 5.55. The van der Waals surface area contributed by atoms with E-state index in [0.29, 0.717) is 12.6 Å². The van der Waals surface area contributed by atoms with Crippen LogP contribution in [0.3, 0.4) is 0 Å². The van der Waals surface area contributed by atoms with Gasteiger partial charge in [-0.1, -0.05) is 18.2 Å². The average molecular weight is 254 g/mol. The second kappa shape index (κ2) is 5.48. The topological polar surface area (TPSA) is 52.8 Å². The van der Waals surface area contributed by atoms with Gasteiger partial charge < -0.3 is 4.74 Å². The van der Waals surface area contributed by atoms with Gasteiger partial charge in [-0.2, -0.15) is 10.1 Å². The number of fused-ring (bicyclic) bond motifs is 1. The highest BCUT2D eigenvalue weighted by Crippen LogP contribution is 2.12. The molecule has 2 aromatic heterocycles. The fourth-order valence-corrected chi connectivity index (χ4v) is 1.85. The Morgan fingerprint density at radius 1 is 1.16 bits per heavy atom. The minimum atomic E-state index is 0.430. The Balaban J connectivity index is 1.56. The third-order valence-electron chi connectivity index (χ3n) is 2.79. The number of hydrogen-bond donors (Lipinski definition) is 0. The summed E-state index contributed by atoms with van der Waals surface area (Å²) in [5, 5.41) is 5.15. The number of aromatic nitrogens is 4. The molecule has 0 aliphatic rings. The number of nitrogens with zero attached hydrogens (tertiary/aromatic N) is 4. The lowest BCUT2D eigenvalue weighted by Crippen LogP contribution is -2.06. The van der Waals surface area contributed by atoms with Crippen molar-refractivity contribution >= 4 is 10.9 Å². The van der Waals surface area contributed by atoms with Crippen molar-refractivity contribution in [1.82, 2.24) is 19.7 Å². The summed E-state index contributed by atoms with van der Waals surface area (Å²) in [5.74, 6) is 0. The van der Waals surface area contributed by atoms with Gasteiger partial charge in [0, 0.05) is 36.9 Å². The molecule has 1 aromatic carbocycles. The summed E-state index contributed by atoms with van der Waals surface area (Å²) in [6.07, 6.45) is 6.36. The molecule has 5 nitrogen and oxygen atoms in total. The van der Waals surface area contributed by atoms with Crippen molar-refractivity contribution in [2.45, 2.75) is 13.0 Å². The molecule has 0 radical (unpaired) electrons. The molecule has 0 fully saturated rings. The lowest BCUT2D eigenvalue weighted by Gasteiger charge is -2.05. The molecule has 0 unspecified atom stereocenters. The summed E-state index contributed by atoms with van der Waals surface area (Å²) in [6.45, 7) is 1.42. The molecule has 0 spiro atoms. The highest BCUT2D eigenvalue weighted by atomic mass is 16.5. The first-order valence-corrected chi connectivity index (χ1v) is 6.24. The first-order valence-electron chi connectivity index (χ1n) is 6.24. The summed E-state index contributed by atoms with van der Waals surface area (Å²) in [5.41, 5.74) is 0.902. The molecule has 0 N–H and O–H groups in total. The number of hydrogen-bond acceptors (Lipinski definition) is 4. The Bertz CT molecular complexity index is 651. The van der Waals surface area contributed by atoms with Crippen LogP contribution in [0.25, 0.3) is 10.9 Å². The Morgan fingerprint density at radius 3 is 3.00 bits per heavy atom. The maximum absolute atomic E-state index is 5.55. The van der Waals surface area contributed by atoms with E-state index in [1.807, 2.05) is 41.2 Å². The summed E-state index contributed by atoms with van der Waals surface area (Å²) in [4.78, 5) is 8.54. The third kappa shape index (κ3) is 2.88. The number of rotatable bonds is 5. The van der Waals surface area contributed by atoms with Gasteiger partial charge in [-0.25, -0.2) is 4.98 Å². The van der Waals surface area contributed by atoms with E-state index in [4.69, 9.17) is 4.74 Å². The largest absolute Gasteiger partial charge is 0.463 e. The number of para-hydroxylation sites is 1. The quantitative estimate of drug-likeness (QED) is 0.655. The van der Waals surface area contributed by atoms with E-state index in [9.17, 15) is 0 Å². The first-order chi connectivity index (χ1) is 9.42. The van der Waals surface area contributed by atoms with Crippen LogP contribution < -0.4 is 4.74 Å². The van der Waals surface area contributed by atoms with Crippen molar-refractivity contribution < 1.29 is 4.74 Å². The van der Waals surface area contributed by atoms with Crippen LogP contribution in [0.2, 0.25) is 0 Å². The first kappa shape index (κ1) is 11.6. The predicted octanol–water partition coefficient (Wildman–Crippen LogP) is 2.30. The predicted molar refractivity (Wildman–Crippen MR) is 71.9 cm³/mol. The van der Waals surface area contributed by atoms with Crippen LogP contribution in [0.4, 0.5) is 0 Å². The fraction of sp³-hybridized carbons (Fsp3) is 0.214.